The summed E-state index contributed by atoms with van der Waals surface area (Å²) >= 11 is 1.68. The van der Waals surface area contributed by atoms with Gasteiger partial charge in [-0.15, -0.1) is 11.3 Å². The Kier molecular flexibility index (Phi) is 6.06. The van der Waals surface area contributed by atoms with Crippen LogP contribution in [0.4, 0.5) is 5.82 Å². The van der Waals surface area contributed by atoms with Gasteiger partial charge in [0.1, 0.15) is 16.5 Å². The summed E-state index contributed by atoms with van der Waals surface area (Å²) in [7, 11) is 0. The monoisotopic (exact) mass is 409 g/mol. The van der Waals surface area contributed by atoms with Crippen LogP contribution >= 0.6 is 11.3 Å². The first-order valence-electron chi connectivity index (χ1n) is 10.2. The summed E-state index contributed by atoms with van der Waals surface area (Å²) in [6.45, 7) is 8.67. The molecule has 0 unspecified atom stereocenters. The molecule has 6 nitrogen and oxygen atoms in total. The number of rotatable bonds is 6. The van der Waals surface area contributed by atoms with Crippen molar-refractivity contribution < 1.29 is 4.79 Å². The van der Waals surface area contributed by atoms with Crippen LogP contribution in [0.5, 0.6) is 0 Å². The van der Waals surface area contributed by atoms with Gasteiger partial charge >= 0.3 is 0 Å². The molecule has 3 aromatic rings. The van der Waals surface area contributed by atoms with E-state index in [1.807, 2.05) is 13.0 Å². The average Bonchev–Trinajstić information content (AvgIpc) is 3.16. The maximum atomic E-state index is 12.0. The van der Waals surface area contributed by atoms with E-state index in [4.69, 9.17) is 4.98 Å². The maximum Gasteiger partial charge on any atom is 0.234 e. The van der Waals surface area contributed by atoms with Crippen molar-refractivity contribution in [3.05, 3.63) is 41.5 Å². The lowest BCUT2D eigenvalue weighted by Crippen LogP contribution is -2.49. The predicted octanol–water partition coefficient (Wildman–Crippen LogP) is 3.31. The fourth-order valence-electron chi connectivity index (χ4n) is 3.73. The van der Waals surface area contributed by atoms with Crippen LogP contribution in [0.3, 0.4) is 0 Å². The summed E-state index contributed by atoms with van der Waals surface area (Å²) in [6, 6.07) is 10.4. The van der Waals surface area contributed by atoms with Gasteiger partial charge in [-0.25, -0.2) is 9.97 Å². The Balaban J connectivity index is 1.55. The molecule has 152 valence electrons. The summed E-state index contributed by atoms with van der Waals surface area (Å²) in [5, 5.41) is 6.29. The average molecular weight is 410 g/mol. The van der Waals surface area contributed by atoms with Gasteiger partial charge in [0.25, 0.3) is 0 Å². The summed E-state index contributed by atoms with van der Waals surface area (Å²) < 4.78 is 0. The minimum absolute atomic E-state index is 0.116. The quantitative estimate of drug-likeness (QED) is 0.677. The van der Waals surface area contributed by atoms with Crippen molar-refractivity contribution in [1.82, 2.24) is 20.2 Å². The van der Waals surface area contributed by atoms with Crippen molar-refractivity contribution in [2.45, 2.75) is 20.3 Å². The van der Waals surface area contributed by atoms with E-state index >= 15 is 0 Å². The minimum atomic E-state index is 0.116. The zero-order chi connectivity index (χ0) is 20.2. The molecule has 1 N–H and O–H groups in total. The standard InChI is InChI=1S/C22H27N5OS/c1-3-9-23-19(28)14-26-10-12-27(13-11-26)21-20-18(17-7-5-4-6-8-17)15-29-22(20)25-16(2)24-21/h4-8,15H,3,9-14H2,1-2H3,(H,23,28). The Hall–Kier alpha value is -2.51. The lowest BCUT2D eigenvalue weighted by Gasteiger charge is -2.35. The predicted molar refractivity (Wildman–Crippen MR) is 120 cm³/mol. The zero-order valence-electron chi connectivity index (χ0n) is 17.0. The van der Waals surface area contributed by atoms with Crippen molar-refractivity contribution in [2.24, 2.45) is 0 Å². The molecule has 0 aliphatic carbocycles. The third kappa shape index (κ3) is 4.41. The molecular formula is C22H27N5OS. The summed E-state index contributed by atoms with van der Waals surface area (Å²) in [5.41, 5.74) is 2.39. The summed E-state index contributed by atoms with van der Waals surface area (Å²) in [6.07, 6.45) is 0.965. The van der Waals surface area contributed by atoms with Crippen LogP contribution in [-0.2, 0) is 4.79 Å². The van der Waals surface area contributed by atoms with Crippen molar-refractivity contribution in [3.8, 4) is 11.1 Å². The second-order valence-corrected chi connectivity index (χ2v) is 8.26. The van der Waals surface area contributed by atoms with Crippen molar-refractivity contribution in [1.29, 1.82) is 0 Å². The Morgan fingerprint density at radius 1 is 1.14 bits per heavy atom. The van der Waals surface area contributed by atoms with Gasteiger partial charge in [-0.05, 0) is 18.9 Å². The molecule has 2 aromatic heterocycles. The number of aromatic nitrogens is 2. The maximum absolute atomic E-state index is 12.0. The number of thiophene rings is 1. The van der Waals surface area contributed by atoms with E-state index in [0.717, 1.165) is 61.0 Å². The number of nitrogens with one attached hydrogen (secondary N) is 1. The molecule has 1 aliphatic rings. The number of aryl methyl sites for hydroxylation is 1. The first kappa shape index (κ1) is 19.8. The van der Waals surface area contributed by atoms with E-state index in [9.17, 15) is 4.79 Å². The molecule has 0 saturated carbocycles. The number of anilines is 1. The van der Waals surface area contributed by atoms with E-state index in [1.165, 1.54) is 11.1 Å². The van der Waals surface area contributed by atoms with Crippen LogP contribution in [0.1, 0.15) is 19.2 Å². The molecule has 1 aromatic carbocycles. The molecular weight excluding hydrogens is 382 g/mol. The van der Waals surface area contributed by atoms with E-state index in [0.29, 0.717) is 6.54 Å². The van der Waals surface area contributed by atoms with E-state index in [-0.39, 0.29) is 5.91 Å². The molecule has 1 saturated heterocycles. The number of nitrogens with zero attached hydrogens (tertiary/aromatic N) is 4. The summed E-state index contributed by atoms with van der Waals surface area (Å²) in [4.78, 5) is 27.1. The second kappa shape index (κ2) is 8.88. The van der Waals surface area contributed by atoms with Gasteiger partial charge < -0.3 is 10.2 Å². The highest BCUT2D eigenvalue weighted by Gasteiger charge is 2.24. The Morgan fingerprint density at radius 3 is 2.62 bits per heavy atom. The number of piperazine rings is 1. The van der Waals surface area contributed by atoms with Gasteiger partial charge in [-0.2, -0.15) is 0 Å². The van der Waals surface area contributed by atoms with Gasteiger partial charge in [0.15, 0.2) is 0 Å². The number of carbonyl (C=O) groups excluding carboxylic acids is 1. The lowest BCUT2D eigenvalue weighted by molar-refractivity contribution is -0.122. The topological polar surface area (TPSA) is 61.4 Å². The highest BCUT2D eigenvalue weighted by atomic mass is 32.1. The normalized spacial score (nSPS) is 15.0. The summed E-state index contributed by atoms with van der Waals surface area (Å²) in [5.74, 6) is 1.93. The van der Waals surface area contributed by atoms with Gasteiger partial charge in [0.2, 0.25) is 5.91 Å². The van der Waals surface area contributed by atoms with Crippen LogP contribution < -0.4 is 10.2 Å². The Morgan fingerprint density at radius 2 is 1.90 bits per heavy atom. The molecule has 0 radical (unpaired) electrons. The van der Waals surface area contributed by atoms with Crippen LogP contribution in [0, 0.1) is 6.92 Å². The minimum Gasteiger partial charge on any atom is -0.355 e. The molecule has 0 bridgehead atoms. The number of amides is 1. The largest absolute Gasteiger partial charge is 0.355 e. The SMILES string of the molecule is CCCNC(=O)CN1CCN(c2nc(C)nc3scc(-c4ccccc4)c23)CC1. The Labute approximate surface area is 175 Å². The van der Waals surface area contributed by atoms with Crippen molar-refractivity contribution >= 4 is 33.3 Å². The van der Waals surface area contributed by atoms with Crippen LogP contribution in [0.25, 0.3) is 21.3 Å². The smallest absolute Gasteiger partial charge is 0.234 e. The molecule has 7 heteroatoms. The van der Waals surface area contributed by atoms with Crippen LogP contribution in [0.15, 0.2) is 35.7 Å². The third-order valence-electron chi connectivity index (χ3n) is 5.22. The van der Waals surface area contributed by atoms with Gasteiger partial charge in [-0.3, -0.25) is 9.69 Å². The fourth-order valence-corrected chi connectivity index (χ4v) is 4.71. The van der Waals surface area contributed by atoms with Crippen molar-refractivity contribution in [2.75, 3.05) is 44.2 Å². The number of hydrogen-bond acceptors (Lipinski definition) is 6. The Bertz CT molecular complexity index is 980. The lowest BCUT2D eigenvalue weighted by atomic mass is 10.1. The zero-order valence-corrected chi connectivity index (χ0v) is 17.8. The molecule has 3 heterocycles. The van der Waals surface area contributed by atoms with E-state index in [2.05, 4.69) is 56.7 Å². The van der Waals surface area contributed by atoms with Crippen molar-refractivity contribution in [3.63, 3.8) is 0 Å². The number of carbonyl (C=O) groups is 1. The molecule has 0 spiro atoms. The molecule has 1 amide bonds. The number of hydrogen-bond donors (Lipinski definition) is 1. The van der Waals surface area contributed by atoms with E-state index < -0.39 is 0 Å². The first-order valence-corrected chi connectivity index (χ1v) is 11.1. The van der Waals surface area contributed by atoms with Gasteiger partial charge in [0.05, 0.1) is 11.9 Å². The van der Waals surface area contributed by atoms with Crippen LogP contribution in [0.2, 0.25) is 0 Å². The second-order valence-electron chi connectivity index (χ2n) is 7.40. The third-order valence-corrected chi connectivity index (χ3v) is 6.09. The van der Waals surface area contributed by atoms with Gasteiger partial charge in [-0.1, -0.05) is 37.3 Å². The molecule has 29 heavy (non-hydrogen) atoms. The highest BCUT2D eigenvalue weighted by molar-refractivity contribution is 7.17. The molecule has 4 rings (SSSR count). The van der Waals surface area contributed by atoms with Gasteiger partial charge in [0, 0.05) is 43.7 Å². The number of fused-ring (bicyclic) bond motifs is 1. The van der Waals surface area contributed by atoms with Crippen LogP contribution in [-0.4, -0.2) is 60.0 Å². The fraction of sp³-hybridized carbons (Fsp3) is 0.409. The molecule has 1 fully saturated rings. The first-order chi connectivity index (χ1) is 14.2. The highest BCUT2D eigenvalue weighted by Crippen LogP contribution is 2.38. The number of benzene rings is 1. The molecule has 1 aliphatic heterocycles. The molecule has 0 atom stereocenters. The van der Waals surface area contributed by atoms with E-state index in [1.54, 1.807) is 11.3 Å².